The minimum Gasteiger partial charge on any atom is -0.355 e. The fourth-order valence-electron chi connectivity index (χ4n) is 2.68. The second-order valence-electron chi connectivity index (χ2n) is 5.24. The summed E-state index contributed by atoms with van der Waals surface area (Å²) in [6.45, 7) is 2.29. The van der Waals surface area contributed by atoms with Crippen molar-refractivity contribution in [1.29, 1.82) is 0 Å². The Bertz CT molecular complexity index is 571. The molecule has 0 N–H and O–H groups in total. The van der Waals surface area contributed by atoms with Gasteiger partial charge in [-0.3, -0.25) is 4.98 Å². The first-order chi connectivity index (χ1) is 9.24. The summed E-state index contributed by atoms with van der Waals surface area (Å²) in [7, 11) is 4.30. The van der Waals surface area contributed by atoms with Gasteiger partial charge in [0.2, 0.25) is 0 Å². The van der Waals surface area contributed by atoms with Gasteiger partial charge in [0, 0.05) is 32.0 Å². The second kappa shape index (κ2) is 5.09. The standard InChI is InChI=1S/C14H19N5/c1-18-9-3-4-11(10-18)19(2)13-6-5-12-14(17-13)16-8-7-15-12/h5-8,11H,3-4,9-10H2,1-2H3. The number of likely N-dealkylation sites (tertiary alicyclic amines) is 1. The van der Waals surface area contributed by atoms with Crippen LogP contribution in [-0.4, -0.2) is 53.1 Å². The van der Waals surface area contributed by atoms with Crippen molar-refractivity contribution in [3.05, 3.63) is 24.5 Å². The first-order valence-electron chi connectivity index (χ1n) is 6.73. The van der Waals surface area contributed by atoms with E-state index in [0.29, 0.717) is 6.04 Å². The number of likely N-dealkylation sites (N-methyl/N-ethyl adjacent to an activating group) is 2. The van der Waals surface area contributed by atoms with E-state index in [2.05, 4.69) is 38.8 Å². The van der Waals surface area contributed by atoms with E-state index in [-0.39, 0.29) is 0 Å². The van der Waals surface area contributed by atoms with Gasteiger partial charge in [0.05, 0.1) is 0 Å². The molecule has 0 saturated carbocycles. The minimum absolute atomic E-state index is 0.528. The summed E-state index contributed by atoms with van der Waals surface area (Å²) < 4.78 is 0. The maximum atomic E-state index is 4.61. The third kappa shape index (κ3) is 2.51. The molecule has 1 aliphatic heterocycles. The summed E-state index contributed by atoms with van der Waals surface area (Å²) in [5, 5.41) is 0. The normalized spacial score (nSPS) is 20.6. The molecule has 0 aliphatic carbocycles. The molecule has 2 aromatic heterocycles. The van der Waals surface area contributed by atoms with Crippen molar-refractivity contribution >= 4 is 17.0 Å². The van der Waals surface area contributed by atoms with Gasteiger partial charge < -0.3 is 9.80 Å². The van der Waals surface area contributed by atoms with Crippen LogP contribution in [0.1, 0.15) is 12.8 Å². The molecule has 1 unspecified atom stereocenters. The number of aromatic nitrogens is 3. The van der Waals surface area contributed by atoms with Crippen molar-refractivity contribution in [2.24, 2.45) is 0 Å². The lowest BCUT2D eigenvalue weighted by atomic mass is 10.1. The lowest BCUT2D eigenvalue weighted by molar-refractivity contribution is 0.247. The largest absolute Gasteiger partial charge is 0.355 e. The van der Waals surface area contributed by atoms with Crippen molar-refractivity contribution < 1.29 is 0 Å². The first-order valence-corrected chi connectivity index (χ1v) is 6.73. The molecule has 1 aliphatic rings. The number of hydrogen-bond acceptors (Lipinski definition) is 5. The first kappa shape index (κ1) is 12.3. The summed E-state index contributed by atoms with van der Waals surface area (Å²) >= 11 is 0. The van der Waals surface area contributed by atoms with E-state index in [0.717, 1.165) is 23.5 Å². The van der Waals surface area contributed by atoms with Crippen molar-refractivity contribution in [3.63, 3.8) is 0 Å². The molecule has 5 heteroatoms. The molecule has 2 aromatic rings. The SMILES string of the molecule is CN1CCCC(N(C)c2ccc3nccnc3n2)C1. The topological polar surface area (TPSA) is 45.2 Å². The molecule has 3 rings (SSSR count). The fraction of sp³-hybridized carbons (Fsp3) is 0.500. The van der Waals surface area contributed by atoms with Crippen LogP contribution in [0.3, 0.4) is 0 Å². The van der Waals surface area contributed by atoms with Gasteiger partial charge in [0.25, 0.3) is 0 Å². The fourth-order valence-corrected chi connectivity index (χ4v) is 2.68. The summed E-state index contributed by atoms with van der Waals surface area (Å²) in [6, 6.07) is 4.56. The number of hydrogen-bond donors (Lipinski definition) is 0. The molecule has 0 bridgehead atoms. The third-order valence-corrected chi connectivity index (χ3v) is 3.83. The number of rotatable bonds is 2. The van der Waals surface area contributed by atoms with E-state index in [9.17, 15) is 0 Å². The minimum atomic E-state index is 0.528. The summed E-state index contributed by atoms with van der Waals surface area (Å²) in [4.78, 5) is 17.8. The maximum absolute atomic E-state index is 4.61. The molecule has 100 valence electrons. The Morgan fingerprint density at radius 2 is 2.11 bits per heavy atom. The Balaban J connectivity index is 1.86. The van der Waals surface area contributed by atoms with Crippen LogP contribution in [0, 0.1) is 0 Å². The molecule has 5 nitrogen and oxygen atoms in total. The average Bonchev–Trinajstić information content (AvgIpc) is 2.46. The van der Waals surface area contributed by atoms with Gasteiger partial charge in [-0.2, -0.15) is 0 Å². The summed E-state index contributed by atoms with van der Waals surface area (Å²) in [5.74, 6) is 0.980. The van der Waals surface area contributed by atoms with Crippen LogP contribution in [0.5, 0.6) is 0 Å². The molecular formula is C14H19N5. The number of pyridine rings is 1. The molecule has 0 spiro atoms. The maximum Gasteiger partial charge on any atom is 0.180 e. The Hall–Kier alpha value is -1.75. The third-order valence-electron chi connectivity index (χ3n) is 3.83. The van der Waals surface area contributed by atoms with Gasteiger partial charge in [0.15, 0.2) is 5.65 Å². The van der Waals surface area contributed by atoms with Crippen LogP contribution in [0.15, 0.2) is 24.5 Å². The Labute approximate surface area is 113 Å². The highest BCUT2D eigenvalue weighted by Gasteiger charge is 2.22. The van der Waals surface area contributed by atoms with Crippen LogP contribution in [0.25, 0.3) is 11.2 Å². The van der Waals surface area contributed by atoms with Crippen LogP contribution >= 0.6 is 0 Å². The molecule has 3 heterocycles. The Morgan fingerprint density at radius 1 is 1.26 bits per heavy atom. The van der Waals surface area contributed by atoms with Gasteiger partial charge >= 0.3 is 0 Å². The monoisotopic (exact) mass is 257 g/mol. The molecule has 0 aromatic carbocycles. The van der Waals surface area contributed by atoms with E-state index in [1.54, 1.807) is 12.4 Å². The van der Waals surface area contributed by atoms with Crippen LogP contribution < -0.4 is 4.90 Å². The summed E-state index contributed by atoms with van der Waals surface area (Å²) in [6.07, 6.45) is 5.86. The Kier molecular flexibility index (Phi) is 3.29. The van der Waals surface area contributed by atoms with Crippen LogP contribution in [-0.2, 0) is 0 Å². The van der Waals surface area contributed by atoms with Gasteiger partial charge in [-0.1, -0.05) is 0 Å². The summed E-state index contributed by atoms with van der Waals surface area (Å²) in [5.41, 5.74) is 1.57. The lowest BCUT2D eigenvalue weighted by Crippen LogP contribution is -2.45. The van der Waals surface area contributed by atoms with E-state index in [4.69, 9.17) is 0 Å². The molecule has 0 radical (unpaired) electrons. The molecule has 1 saturated heterocycles. The molecule has 0 amide bonds. The highest BCUT2D eigenvalue weighted by Crippen LogP contribution is 2.20. The van der Waals surface area contributed by atoms with Crippen molar-refractivity contribution in [2.75, 3.05) is 32.1 Å². The van der Waals surface area contributed by atoms with Crippen LogP contribution in [0.4, 0.5) is 5.82 Å². The molecular weight excluding hydrogens is 238 g/mol. The Morgan fingerprint density at radius 3 is 2.95 bits per heavy atom. The lowest BCUT2D eigenvalue weighted by Gasteiger charge is -2.36. The van der Waals surface area contributed by atoms with E-state index in [1.807, 2.05) is 12.1 Å². The van der Waals surface area contributed by atoms with Gasteiger partial charge in [-0.05, 0) is 38.6 Å². The zero-order chi connectivity index (χ0) is 13.2. The van der Waals surface area contributed by atoms with Crippen LogP contribution in [0.2, 0.25) is 0 Å². The van der Waals surface area contributed by atoms with E-state index < -0.39 is 0 Å². The van der Waals surface area contributed by atoms with Gasteiger partial charge in [-0.25, -0.2) is 9.97 Å². The van der Waals surface area contributed by atoms with E-state index >= 15 is 0 Å². The number of anilines is 1. The highest BCUT2D eigenvalue weighted by atomic mass is 15.2. The van der Waals surface area contributed by atoms with E-state index in [1.165, 1.54) is 19.4 Å². The van der Waals surface area contributed by atoms with Crippen molar-refractivity contribution in [1.82, 2.24) is 19.9 Å². The zero-order valence-corrected chi connectivity index (χ0v) is 11.5. The predicted octanol–water partition coefficient (Wildman–Crippen LogP) is 1.56. The quantitative estimate of drug-likeness (QED) is 0.817. The molecule has 19 heavy (non-hydrogen) atoms. The molecule has 1 atom stereocenters. The average molecular weight is 257 g/mol. The van der Waals surface area contributed by atoms with Gasteiger partial charge in [-0.15, -0.1) is 0 Å². The smallest absolute Gasteiger partial charge is 0.180 e. The second-order valence-corrected chi connectivity index (χ2v) is 5.24. The van der Waals surface area contributed by atoms with Gasteiger partial charge in [0.1, 0.15) is 11.3 Å². The van der Waals surface area contributed by atoms with Crippen molar-refractivity contribution in [3.8, 4) is 0 Å². The number of fused-ring (bicyclic) bond motifs is 1. The zero-order valence-electron chi connectivity index (χ0n) is 11.5. The molecule has 1 fully saturated rings. The highest BCUT2D eigenvalue weighted by molar-refractivity contribution is 5.71. The predicted molar refractivity (Wildman–Crippen MR) is 76.3 cm³/mol. The number of nitrogens with zero attached hydrogens (tertiary/aromatic N) is 5. The van der Waals surface area contributed by atoms with Crippen molar-refractivity contribution in [2.45, 2.75) is 18.9 Å². The number of piperidine rings is 1.